The molecule has 0 unspecified atom stereocenters. The summed E-state index contributed by atoms with van der Waals surface area (Å²) in [6, 6.07) is 12.4. The number of nitrogens with zero attached hydrogens (tertiary/aromatic N) is 1. The van der Waals surface area contributed by atoms with E-state index in [0.29, 0.717) is 24.4 Å². The summed E-state index contributed by atoms with van der Waals surface area (Å²) in [7, 11) is 0. The van der Waals surface area contributed by atoms with Crippen LogP contribution in [-0.2, 0) is 6.54 Å². The fraction of sp³-hybridized carbons (Fsp3) is 0.200. The maximum atomic E-state index is 13.7. The number of hydrogen-bond donors (Lipinski definition) is 1. The molecule has 1 aliphatic heterocycles. The van der Waals surface area contributed by atoms with Crippen molar-refractivity contribution in [2.24, 2.45) is 0 Å². The van der Waals surface area contributed by atoms with E-state index in [1.165, 1.54) is 6.07 Å². The number of ether oxygens (including phenoxy) is 1. The van der Waals surface area contributed by atoms with Gasteiger partial charge < -0.3 is 15.4 Å². The molecular formula is C15H15FN2O. The van der Waals surface area contributed by atoms with Crippen molar-refractivity contribution < 1.29 is 9.13 Å². The van der Waals surface area contributed by atoms with E-state index >= 15 is 0 Å². The minimum absolute atomic E-state index is 0.175. The van der Waals surface area contributed by atoms with E-state index in [-0.39, 0.29) is 5.82 Å². The molecule has 0 saturated carbocycles. The Hall–Kier alpha value is -2.23. The molecule has 19 heavy (non-hydrogen) atoms. The van der Waals surface area contributed by atoms with Gasteiger partial charge in [-0.15, -0.1) is 0 Å². The second kappa shape index (κ2) is 4.80. The summed E-state index contributed by atoms with van der Waals surface area (Å²) in [5.74, 6) is 0.591. The number of anilines is 2. The number of rotatable bonds is 2. The van der Waals surface area contributed by atoms with Crippen LogP contribution >= 0.6 is 0 Å². The number of benzene rings is 2. The van der Waals surface area contributed by atoms with Gasteiger partial charge in [-0.3, -0.25) is 0 Å². The van der Waals surface area contributed by atoms with Crippen LogP contribution in [0.15, 0.2) is 42.5 Å². The van der Waals surface area contributed by atoms with Crippen molar-refractivity contribution in [2.45, 2.75) is 6.54 Å². The van der Waals surface area contributed by atoms with Gasteiger partial charge in [0.1, 0.15) is 18.2 Å². The van der Waals surface area contributed by atoms with Crippen LogP contribution in [0.2, 0.25) is 0 Å². The lowest BCUT2D eigenvalue weighted by Crippen LogP contribution is -2.32. The first-order valence-electron chi connectivity index (χ1n) is 6.25. The van der Waals surface area contributed by atoms with Crippen molar-refractivity contribution in [3.63, 3.8) is 0 Å². The van der Waals surface area contributed by atoms with Gasteiger partial charge in [0.15, 0.2) is 0 Å². The average Bonchev–Trinajstić information content (AvgIpc) is 2.41. The molecule has 0 spiro atoms. The standard InChI is InChI=1S/C15H15FN2O/c16-13-4-2-1-3-11(13)10-18-7-8-19-15-9-12(17)5-6-14(15)18/h1-6,9H,7-8,10,17H2. The van der Waals surface area contributed by atoms with E-state index in [1.807, 2.05) is 30.3 Å². The van der Waals surface area contributed by atoms with Crippen LogP contribution in [0.3, 0.4) is 0 Å². The molecule has 0 aromatic heterocycles. The first-order chi connectivity index (χ1) is 9.24. The maximum Gasteiger partial charge on any atom is 0.144 e. The molecule has 0 atom stereocenters. The fourth-order valence-electron chi connectivity index (χ4n) is 2.29. The lowest BCUT2D eigenvalue weighted by atomic mass is 10.1. The quantitative estimate of drug-likeness (QED) is 0.842. The Labute approximate surface area is 111 Å². The van der Waals surface area contributed by atoms with Crippen LogP contribution in [0.4, 0.5) is 15.8 Å². The third-order valence-electron chi connectivity index (χ3n) is 3.26. The van der Waals surface area contributed by atoms with Gasteiger partial charge in [-0.2, -0.15) is 0 Å². The zero-order chi connectivity index (χ0) is 13.2. The largest absolute Gasteiger partial charge is 0.489 e. The number of hydrogen-bond acceptors (Lipinski definition) is 3. The Bertz CT molecular complexity index is 600. The number of nitrogen functional groups attached to an aromatic ring is 1. The number of nitrogens with two attached hydrogens (primary N) is 1. The Balaban J connectivity index is 1.90. The van der Waals surface area contributed by atoms with Gasteiger partial charge in [0.05, 0.1) is 12.2 Å². The highest BCUT2D eigenvalue weighted by Crippen LogP contribution is 2.34. The molecule has 3 nitrogen and oxygen atoms in total. The minimum Gasteiger partial charge on any atom is -0.489 e. The molecule has 1 heterocycles. The maximum absolute atomic E-state index is 13.7. The molecule has 2 N–H and O–H groups in total. The lowest BCUT2D eigenvalue weighted by molar-refractivity contribution is 0.307. The number of fused-ring (bicyclic) bond motifs is 1. The van der Waals surface area contributed by atoms with Crippen LogP contribution in [0.1, 0.15) is 5.56 Å². The van der Waals surface area contributed by atoms with E-state index in [9.17, 15) is 4.39 Å². The van der Waals surface area contributed by atoms with Gasteiger partial charge in [0, 0.05) is 23.9 Å². The summed E-state index contributed by atoms with van der Waals surface area (Å²) in [5, 5.41) is 0. The summed E-state index contributed by atoms with van der Waals surface area (Å²) in [5.41, 5.74) is 8.07. The highest BCUT2D eigenvalue weighted by atomic mass is 19.1. The second-order valence-electron chi connectivity index (χ2n) is 4.59. The van der Waals surface area contributed by atoms with Crippen LogP contribution in [0.25, 0.3) is 0 Å². The molecule has 1 aliphatic rings. The summed E-state index contributed by atoms with van der Waals surface area (Å²) < 4.78 is 19.3. The molecule has 0 bridgehead atoms. The van der Waals surface area contributed by atoms with E-state index in [0.717, 1.165) is 18.0 Å². The smallest absolute Gasteiger partial charge is 0.144 e. The first-order valence-corrected chi connectivity index (χ1v) is 6.25. The summed E-state index contributed by atoms with van der Waals surface area (Å²) in [6.45, 7) is 1.86. The monoisotopic (exact) mass is 258 g/mol. The molecule has 98 valence electrons. The Morgan fingerprint density at radius 3 is 2.89 bits per heavy atom. The van der Waals surface area contributed by atoms with Crippen molar-refractivity contribution in [1.82, 2.24) is 0 Å². The van der Waals surface area contributed by atoms with Crippen LogP contribution in [0.5, 0.6) is 5.75 Å². The predicted molar refractivity (Wildman–Crippen MR) is 73.8 cm³/mol. The van der Waals surface area contributed by atoms with E-state index in [2.05, 4.69) is 4.90 Å². The van der Waals surface area contributed by atoms with Gasteiger partial charge in [-0.1, -0.05) is 18.2 Å². The third-order valence-corrected chi connectivity index (χ3v) is 3.26. The molecule has 2 aromatic carbocycles. The summed E-state index contributed by atoms with van der Waals surface area (Å²) in [6.07, 6.45) is 0. The van der Waals surface area contributed by atoms with Crippen LogP contribution in [-0.4, -0.2) is 13.2 Å². The van der Waals surface area contributed by atoms with Crippen molar-refractivity contribution >= 4 is 11.4 Å². The third kappa shape index (κ3) is 2.34. The molecule has 4 heteroatoms. The van der Waals surface area contributed by atoms with E-state index in [1.54, 1.807) is 6.07 Å². The topological polar surface area (TPSA) is 38.5 Å². The SMILES string of the molecule is Nc1ccc2c(c1)OCCN2Cc1ccccc1F. The highest BCUT2D eigenvalue weighted by Gasteiger charge is 2.19. The van der Waals surface area contributed by atoms with Crippen molar-refractivity contribution in [2.75, 3.05) is 23.8 Å². The number of halogens is 1. The molecule has 0 radical (unpaired) electrons. The Morgan fingerprint density at radius 1 is 1.21 bits per heavy atom. The highest BCUT2D eigenvalue weighted by molar-refractivity contribution is 5.65. The molecule has 0 aliphatic carbocycles. The minimum atomic E-state index is -0.175. The Kier molecular flexibility index (Phi) is 2.99. The van der Waals surface area contributed by atoms with Gasteiger partial charge in [-0.05, 0) is 18.2 Å². The summed E-state index contributed by atoms with van der Waals surface area (Å²) >= 11 is 0. The van der Waals surface area contributed by atoms with Crippen molar-refractivity contribution in [3.05, 3.63) is 53.8 Å². The molecule has 0 saturated heterocycles. The molecule has 2 aromatic rings. The normalized spacial score (nSPS) is 13.8. The second-order valence-corrected chi connectivity index (χ2v) is 4.59. The lowest BCUT2D eigenvalue weighted by Gasteiger charge is -2.31. The summed E-state index contributed by atoms with van der Waals surface area (Å²) in [4.78, 5) is 2.11. The molecular weight excluding hydrogens is 243 g/mol. The van der Waals surface area contributed by atoms with Gasteiger partial charge >= 0.3 is 0 Å². The molecule has 3 rings (SSSR count). The van der Waals surface area contributed by atoms with Crippen LogP contribution in [0, 0.1) is 5.82 Å². The van der Waals surface area contributed by atoms with E-state index in [4.69, 9.17) is 10.5 Å². The average molecular weight is 258 g/mol. The van der Waals surface area contributed by atoms with E-state index < -0.39 is 0 Å². The zero-order valence-electron chi connectivity index (χ0n) is 10.5. The zero-order valence-corrected chi connectivity index (χ0v) is 10.5. The van der Waals surface area contributed by atoms with Gasteiger partial charge in [0.2, 0.25) is 0 Å². The van der Waals surface area contributed by atoms with Gasteiger partial charge in [-0.25, -0.2) is 4.39 Å². The fourth-order valence-corrected chi connectivity index (χ4v) is 2.29. The molecule has 0 fully saturated rings. The Morgan fingerprint density at radius 2 is 2.05 bits per heavy atom. The molecule has 0 amide bonds. The van der Waals surface area contributed by atoms with Crippen molar-refractivity contribution in [1.29, 1.82) is 0 Å². The van der Waals surface area contributed by atoms with Crippen LogP contribution < -0.4 is 15.4 Å². The predicted octanol–water partition coefficient (Wildman–Crippen LogP) is 2.81. The first kappa shape index (κ1) is 11.8. The van der Waals surface area contributed by atoms with Gasteiger partial charge in [0.25, 0.3) is 0 Å². The van der Waals surface area contributed by atoms with Crippen molar-refractivity contribution in [3.8, 4) is 5.75 Å².